The van der Waals surface area contributed by atoms with Gasteiger partial charge in [0.05, 0.1) is 5.69 Å². The third-order valence-electron chi connectivity index (χ3n) is 5.91. The molecule has 3 aromatic carbocycles. The number of carbonyl (C=O) groups excluding carboxylic acids is 3. The Hall–Kier alpha value is -4.52. The number of carbonyl (C=O) groups is 3. The molecule has 0 bridgehead atoms. The number of amides is 4. The van der Waals surface area contributed by atoms with Crippen molar-refractivity contribution in [2.75, 3.05) is 4.90 Å². The number of halogens is 1. The topological polar surface area (TPSA) is 71.4 Å². The number of rotatable bonds is 4. The number of barbiturate groups is 1. The van der Waals surface area contributed by atoms with E-state index in [2.05, 4.69) is 28.9 Å². The second-order valence-corrected chi connectivity index (χ2v) is 8.09. The predicted molar refractivity (Wildman–Crippen MR) is 128 cm³/mol. The van der Waals surface area contributed by atoms with Gasteiger partial charge in [-0.05, 0) is 54.5 Å². The number of hydrogen-bond acceptors (Lipinski definition) is 3. The summed E-state index contributed by atoms with van der Waals surface area (Å²) < 4.78 is 15.4. The number of benzene rings is 3. The normalized spacial score (nSPS) is 15.3. The largest absolute Gasteiger partial charge is 0.342 e. The van der Waals surface area contributed by atoms with Crippen LogP contribution in [0.3, 0.4) is 0 Å². The summed E-state index contributed by atoms with van der Waals surface area (Å²) in [6.45, 7) is 2.67. The minimum atomic E-state index is -0.874. The van der Waals surface area contributed by atoms with Gasteiger partial charge in [-0.25, -0.2) is 14.1 Å². The van der Waals surface area contributed by atoms with Gasteiger partial charge in [0.1, 0.15) is 11.4 Å². The summed E-state index contributed by atoms with van der Waals surface area (Å²) in [5, 5.41) is 3.07. The van der Waals surface area contributed by atoms with Crippen molar-refractivity contribution in [1.82, 2.24) is 9.88 Å². The fourth-order valence-electron chi connectivity index (χ4n) is 4.13. The Labute approximate surface area is 194 Å². The smallest absolute Gasteiger partial charge is 0.335 e. The van der Waals surface area contributed by atoms with Crippen molar-refractivity contribution in [2.45, 2.75) is 13.5 Å². The van der Waals surface area contributed by atoms with Crippen LogP contribution in [0.15, 0.2) is 84.6 Å². The highest BCUT2D eigenvalue weighted by atomic mass is 19.1. The summed E-state index contributed by atoms with van der Waals surface area (Å²) >= 11 is 0. The number of anilines is 1. The number of urea groups is 1. The van der Waals surface area contributed by atoms with Crippen molar-refractivity contribution in [1.29, 1.82) is 0 Å². The lowest BCUT2D eigenvalue weighted by molar-refractivity contribution is -0.122. The predicted octanol–water partition coefficient (Wildman–Crippen LogP) is 4.80. The highest BCUT2D eigenvalue weighted by Gasteiger charge is 2.37. The zero-order valence-electron chi connectivity index (χ0n) is 18.3. The van der Waals surface area contributed by atoms with Gasteiger partial charge in [0.15, 0.2) is 0 Å². The zero-order valence-corrected chi connectivity index (χ0v) is 18.3. The lowest BCUT2D eigenvalue weighted by atomic mass is 10.1. The maximum atomic E-state index is 13.3. The van der Waals surface area contributed by atoms with Gasteiger partial charge in [0.2, 0.25) is 0 Å². The number of aryl methyl sites for hydroxylation is 1. The number of nitrogens with zero attached hydrogens (tertiary/aromatic N) is 2. The molecule has 34 heavy (non-hydrogen) atoms. The Kier molecular flexibility index (Phi) is 5.30. The third-order valence-corrected chi connectivity index (χ3v) is 5.91. The lowest BCUT2D eigenvalue weighted by Crippen LogP contribution is -2.54. The second kappa shape index (κ2) is 8.44. The Morgan fingerprint density at radius 1 is 0.912 bits per heavy atom. The molecule has 1 saturated heterocycles. The molecule has 1 N–H and O–H groups in total. The number of hydrogen-bond donors (Lipinski definition) is 1. The summed E-state index contributed by atoms with van der Waals surface area (Å²) in [6, 6.07) is 19.9. The van der Waals surface area contributed by atoms with Gasteiger partial charge in [-0.1, -0.05) is 42.5 Å². The summed E-state index contributed by atoms with van der Waals surface area (Å²) in [4.78, 5) is 39.0. The Morgan fingerprint density at radius 3 is 2.38 bits per heavy atom. The van der Waals surface area contributed by atoms with Crippen molar-refractivity contribution < 1.29 is 18.8 Å². The molecule has 1 aliphatic heterocycles. The van der Waals surface area contributed by atoms with Crippen LogP contribution in [0.2, 0.25) is 0 Å². The molecule has 0 unspecified atom stereocenters. The molecular formula is C27H20FN3O3. The average molecular weight is 453 g/mol. The molecule has 0 aliphatic carbocycles. The third kappa shape index (κ3) is 3.77. The minimum absolute atomic E-state index is 0.171. The molecular weight excluding hydrogens is 433 g/mol. The van der Waals surface area contributed by atoms with Crippen LogP contribution in [0.1, 0.15) is 16.7 Å². The van der Waals surface area contributed by atoms with E-state index in [4.69, 9.17) is 0 Å². The lowest BCUT2D eigenvalue weighted by Gasteiger charge is -2.26. The first kappa shape index (κ1) is 21.3. The fraction of sp³-hybridized carbons (Fsp3) is 0.0741. The van der Waals surface area contributed by atoms with E-state index in [1.54, 1.807) is 0 Å². The molecule has 1 fully saturated rings. The monoisotopic (exact) mass is 453 g/mol. The quantitative estimate of drug-likeness (QED) is 0.356. The van der Waals surface area contributed by atoms with E-state index in [0.29, 0.717) is 12.1 Å². The second-order valence-electron chi connectivity index (χ2n) is 8.09. The Balaban J connectivity index is 1.57. The van der Waals surface area contributed by atoms with Gasteiger partial charge in [-0.15, -0.1) is 0 Å². The first-order chi connectivity index (χ1) is 16.4. The van der Waals surface area contributed by atoms with Crippen LogP contribution < -0.4 is 10.2 Å². The number of aromatic nitrogens is 1. The molecule has 6 nitrogen and oxygen atoms in total. The average Bonchev–Trinajstić information content (AvgIpc) is 3.16. The molecule has 7 heteroatoms. The van der Waals surface area contributed by atoms with E-state index in [1.165, 1.54) is 18.2 Å². The van der Waals surface area contributed by atoms with Crippen molar-refractivity contribution in [3.05, 3.63) is 107 Å². The van der Waals surface area contributed by atoms with Crippen LogP contribution >= 0.6 is 0 Å². The van der Waals surface area contributed by atoms with Crippen LogP contribution in [0, 0.1) is 12.7 Å². The number of fused-ring (bicyclic) bond motifs is 1. The first-order valence-corrected chi connectivity index (χ1v) is 10.7. The molecule has 5 rings (SSSR count). The molecule has 1 aliphatic rings. The van der Waals surface area contributed by atoms with Crippen molar-refractivity contribution in [2.24, 2.45) is 0 Å². The van der Waals surface area contributed by atoms with Crippen LogP contribution in [-0.2, 0) is 16.1 Å². The highest BCUT2D eigenvalue weighted by molar-refractivity contribution is 6.39. The molecule has 2 heterocycles. The van der Waals surface area contributed by atoms with Gasteiger partial charge in [-0.2, -0.15) is 0 Å². The highest BCUT2D eigenvalue weighted by Crippen LogP contribution is 2.27. The van der Waals surface area contributed by atoms with Crippen molar-refractivity contribution in [3.63, 3.8) is 0 Å². The van der Waals surface area contributed by atoms with E-state index >= 15 is 0 Å². The zero-order chi connectivity index (χ0) is 23.8. The number of imide groups is 2. The maximum Gasteiger partial charge on any atom is 0.335 e. The summed E-state index contributed by atoms with van der Waals surface area (Å²) in [5.74, 6) is -2.04. The SMILES string of the molecule is Cc1ccccc1Cn1cc(C=C2C(=O)NC(=O)N(c3ccc(F)cc3)C2=O)c2ccccc21. The van der Waals surface area contributed by atoms with Gasteiger partial charge in [-0.3, -0.25) is 14.9 Å². The standard InChI is InChI=1S/C27H20FN3O3/c1-17-6-2-3-7-18(17)15-30-16-19(22-8-4-5-9-24(22)30)14-23-25(32)29-27(34)31(26(23)33)21-12-10-20(28)11-13-21/h2-14,16H,15H2,1H3,(H,29,32,34). The van der Waals surface area contributed by atoms with Gasteiger partial charge >= 0.3 is 6.03 Å². The molecule has 4 amide bonds. The fourth-order valence-corrected chi connectivity index (χ4v) is 4.13. The first-order valence-electron chi connectivity index (χ1n) is 10.7. The maximum absolute atomic E-state index is 13.3. The molecule has 1 aromatic heterocycles. The summed E-state index contributed by atoms with van der Waals surface area (Å²) in [6.07, 6.45) is 3.39. The molecule has 168 valence electrons. The van der Waals surface area contributed by atoms with Crippen molar-refractivity contribution >= 4 is 40.5 Å². The van der Waals surface area contributed by atoms with Crippen LogP contribution in [-0.4, -0.2) is 22.4 Å². The van der Waals surface area contributed by atoms with E-state index < -0.39 is 23.7 Å². The van der Waals surface area contributed by atoms with E-state index in [-0.39, 0.29) is 11.3 Å². The molecule has 0 spiro atoms. The van der Waals surface area contributed by atoms with Crippen LogP contribution in [0.5, 0.6) is 0 Å². The van der Waals surface area contributed by atoms with E-state index in [0.717, 1.165) is 39.1 Å². The summed E-state index contributed by atoms with van der Waals surface area (Å²) in [5.41, 5.74) is 3.94. The number of para-hydroxylation sites is 1. The Bertz CT molecular complexity index is 1480. The van der Waals surface area contributed by atoms with Gasteiger partial charge in [0.25, 0.3) is 11.8 Å². The van der Waals surface area contributed by atoms with E-state index in [1.807, 2.05) is 42.6 Å². The molecule has 0 atom stereocenters. The molecule has 4 aromatic rings. The van der Waals surface area contributed by atoms with E-state index in [9.17, 15) is 18.8 Å². The molecule has 0 radical (unpaired) electrons. The number of nitrogens with one attached hydrogen (secondary N) is 1. The van der Waals surface area contributed by atoms with Crippen LogP contribution in [0.25, 0.3) is 17.0 Å². The summed E-state index contributed by atoms with van der Waals surface area (Å²) in [7, 11) is 0. The van der Waals surface area contributed by atoms with Crippen LogP contribution in [0.4, 0.5) is 14.9 Å². The Morgan fingerprint density at radius 2 is 1.62 bits per heavy atom. The molecule has 0 saturated carbocycles. The van der Waals surface area contributed by atoms with Gasteiger partial charge < -0.3 is 4.57 Å². The van der Waals surface area contributed by atoms with Crippen molar-refractivity contribution in [3.8, 4) is 0 Å². The minimum Gasteiger partial charge on any atom is -0.342 e. The van der Waals surface area contributed by atoms with Gasteiger partial charge in [0, 0.05) is 29.2 Å².